The fraction of sp³-hybridized carbons (Fsp3) is 0.333. The average molecular weight is 288 g/mol. The van der Waals surface area contributed by atoms with E-state index in [9.17, 15) is 12.8 Å². The van der Waals surface area contributed by atoms with Gasteiger partial charge in [0.05, 0.1) is 0 Å². The van der Waals surface area contributed by atoms with Crippen LogP contribution in [0.3, 0.4) is 0 Å². The molecule has 3 rings (SSSR count). The lowest BCUT2D eigenvalue weighted by atomic mass is 10.2. The first-order valence-corrected chi connectivity index (χ1v) is 7.99. The number of hydrogen-bond acceptors (Lipinski definition) is 2. The van der Waals surface area contributed by atoms with Crippen LogP contribution >= 0.6 is 10.7 Å². The van der Waals surface area contributed by atoms with Gasteiger partial charge >= 0.3 is 0 Å². The normalized spacial score (nSPS) is 16.3. The third kappa shape index (κ3) is 2.12. The van der Waals surface area contributed by atoms with Crippen LogP contribution in [0, 0.1) is 11.7 Å². The first-order valence-electron chi connectivity index (χ1n) is 5.68. The molecule has 1 aliphatic carbocycles. The molecule has 1 aromatic carbocycles. The molecule has 1 aliphatic rings. The van der Waals surface area contributed by atoms with Gasteiger partial charge in [-0.3, -0.25) is 0 Å². The fourth-order valence-corrected chi connectivity index (χ4v) is 3.21. The quantitative estimate of drug-likeness (QED) is 0.814. The molecule has 1 fully saturated rings. The molecule has 0 aliphatic heterocycles. The molecule has 0 spiro atoms. The second-order valence-electron chi connectivity index (χ2n) is 4.69. The van der Waals surface area contributed by atoms with E-state index in [1.807, 2.05) is 4.57 Å². The molecule has 1 saturated carbocycles. The average Bonchev–Trinajstić information content (AvgIpc) is 2.99. The van der Waals surface area contributed by atoms with Gasteiger partial charge in [-0.2, -0.15) is 0 Å². The summed E-state index contributed by atoms with van der Waals surface area (Å²) in [7, 11) is 1.54. The molecular formula is C12H11ClFNO2S. The Labute approximate surface area is 109 Å². The topological polar surface area (TPSA) is 39.1 Å². The zero-order valence-electron chi connectivity index (χ0n) is 9.44. The molecule has 0 amide bonds. The van der Waals surface area contributed by atoms with Gasteiger partial charge in [0.15, 0.2) is 0 Å². The van der Waals surface area contributed by atoms with Crippen molar-refractivity contribution < 1.29 is 12.8 Å². The number of fused-ring (bicyclic) bond motifs is 1. The van der Waals surface area contributed by atoms with E-state index in [1.54, 1.807) is 6.07 Å². The van der Waals surface area contributed by atoms with E-state index >= 15 is 0 Å². The number of halogens is 2. The molecule has 6 heteroatoms. The highest BCUT2D eigenvalue weighted by atomic mass is 35.7. The molecule has 0 N–H and O–H groups in total. The van der Waals surface area contributed by atoms with E-state index < -0.39 is 14.9 Å². The maximum Gasteiger partial charge on any atom is 0.263 e. The molecule has 0 unspecified atom stereocenters. The zero-order valence-corrected chi connectivity index (χ0v) is 11.0. The summed E-state index contributed by atoms with van der Waals surface area (Å²) in [5, 5.41) is 0.352. The lowest BCUT2D eigenvalue weighted by Crippen LogP contribution is -1.97. The maximum atomic E-state index is 13.2. The van der Waals surface area contributed by atoms with Gasteiger partial charge in [0, 0.05) is 34.3 Å². The smallest absolute Gasteiger partial charge is 0.263 e. The van der Waals surface area contributed by atoms with Crippen LogP contribution in [0.25, 0.3) is 10.9 Å². The molecule has 1 aromatic heterocycles. The number of rotatable bonds is 3. The predicted molar refractivity (Wildman–Crippen MR) is 67.7 cm³/mol. The minimum Gasteiger partial charge on any atom is -0.346 e. The maximum absolute atomic E-state index is 13.2. The summed E-state index contributed by atoms with van der Waals surface area (Å²) in [6.07, 6.45) is 3.82. The highest BCUT2D eigenvalue weighted by Crippen LogP contribution is 2.34. The van der Waals surface area contributed by atoms with E-state index in [0.29, 0.717) is 16.8 Å². The Morgan fingerprint density at radius 2 is 2.11 bits per heavy atom. The van der Waals surface area contributed by atoms with Crippen molar-refractivity contribution >= 4 is 30.6 Å². The van der Waals surface area contributed by atoms with Gasteiger partial charge in [-0.05, 0) is 37.0 Å². The summed E-state index contributed by atoms with van der Waals surface area (Å²) in [6, 6.07) is 4.14. The Balaban J connectivity index is 2.24. The van der Waals surface area contributed by atoms with Crippen LogP contribution in [0.1, 0.15) is 12.8 Å². The number of aromatic nitrogens is 1. The molecule has 0 radical (unpaired) electrons. The van der Waals surface area contributed by atoms with Crippen LogP contribution < -0.4 is 0 Å². The summed E-state index contributed by atoms with van der Waals surface area (Å²) >= 11 is 0. The van der Waals surface area contributed by atoms with Crippen LogP contribution in [0.5, 0.6) is 0 Å². The molecule has 3 nitrogen and oxygen atoms in total. The summed E-state index contributed by atoms with van der Waals surface area (Å²) in [6.45, 7) is 0.758. The second-order valence-corrected chi connectivity index (χ2v) is 7.22. The lowest BCUT2D eigenvalue weighted by molar-refractivity contribution is 0.607. The van der Waals surface area contributed by atoms with Gasteiger partial charge in [0.25, 0.3) is 9.05 Å². The zero-order chi connectivity index (χ0) is 12.9. The highest BCUT2D eigenvalue weighted by Gasteiger charge is 2.25. The van der Waals surface area contributed by atoms with Gasteiger partial charge in [-0.1, -0.05) is 0 Å². The van der Waals surface area contributed by atoms with Crippen LogP contribution in [0.15, 0.2) is 29.3 Å². The van der Waals surface area contributed by atoms with Crippen molar-refractivity contribution in [2.75, 3.05) is 0 Å². The molecule has 1 heterocycles. The molecular weight excluding hydrogens is 277 g/mol. The number of benzene rings is 1. The third-order valence-corrected chi connectivity index (χ3v) is 4.57. The first-order chi connectivity index (χ1) is 8.45. The van der Waals surface area contributed by atoms with Crippen molar-refractivity contribution in [3.05, 3.63) is 30.2 Å². The largest absolute Gasteiger partial charge is 0.346 e. The molecule has 0 bridgehead atoms. The van der Waals surface area contributed by atoms with E-state index in [2.05, 4.69) is 0 Å². The van der Waals surface area contributed by atoms with Gasteiger partial charge in [0.2, 0.25) is 0 Å². The minimum atomic E-state index is -3.86. The monoisotopic (exact) mass is 287 g/mol. The molecule has 18 heavy (non-hydrogen) atoms. The minimum absolute atomic E-state index is 0.0145. The SMILES string of the molecule is O=S(=O)(Cl)c1cn(CC2CC2)c2ccc(F)cc12. The van der Waals surface area contributed by atoms with Gasteiger partial charge < -0.3 is 4.57 Å². The van der Waals surface area contributed by atoms with Crippen molar-refractivity contribution in [1.29, 1.82) is 0 Å². The van der Waals surface area contributed by atoms with Crippen molar-refractivity contribution in [2.24, 2.45) is 5.92 Å². The van der Waals surface area contributed by atoms with Gasteiger partial charge in [-0.25, -0.2) is 12.8 Å². The summed E-state index contributed by atoms with van der Waals surface area (Å²) in [4.78, 5) is -0.0145. The standard InChI is InChI=1S/C12H11ClFNO2S/c13-18(16,17)12-7-15(6-8-1-2-8)11-4-3-9(14)5-10(11)12/h3-5,7-8H,1-2,6H2. The Morgan fingerprint density at radius 3 is 2.72 bits per heavy atom. The van der Waals surface area contributed by atoms with Crippen molar-refractivity contribution in [3.8, 4) is 0 Å². The van der Waals surface area contributed by atoms with Crippen LogP contribution in [0.4, 0.5) is 4.39 Å². The first kappa shape index (κ1) is 12.0. The van der Waals surface area contributed by atoms with Gasteiger partial charge in [-0.15, -0.1) is 0 Å². The lowest BCUT2D eigenvalue weighted by Gasteiger charge is -2.02. The van der Waals surface area contributed by atoms with E-state index in [1.165, 1.54) is 18.3 Å². The Hall–Kier alpha value is -1.07. The summed E-state index contributed by atoms with van der Waals surface area (Å²) in [5.41, 5.74) is 0.711. The summed E-state index contributed by atoms with van der Waals surface area (Å²) in [5.74, 6) is 0.129. The van der Waals surface area contributed by atoms with Crippen molar-refractivity contribution in [2.45, 2.75) is 24.3 Å². The third-order valence-electron chi connectivity index (χ3n) is 3.22. The Kier molecular flexibility index (Phi) is 2.64. The van der Waals surface area contributed by atoms with Gasteiger partial charge in [0.1, 0.15) is 10.7 Å². The van der Waals surface area contributed by atoms with Crippen LogP contribution in [-0.4, -0.2) is 13.0 Å². The Morgan fingerprint density at radius 1 is 1.39 bits per heavy atom. The van der Waals surface area contributed by atoms with Crippen molar-refractivity contribution in [1.82, 2.24) is 4.57 Å². The van der Waals surface area contributed by atoms with Crippen molar-refractivity contribution in [3.63, 3.8) is 0 Å². The van der Waals surface area contributed by atoms with E-state index in [4.69, 9.17) is 10.7 Å². The number of nitrogens with zero attached hydrogens (tertiary/aromatic N) is 1. The van der Waals surface area contributed by atoms with E-state index in [0.717, 1.165) is 19.4 Å². The Bertz CT molecular complexity index is 719. The van der Waals surface area contributed by atoms with Crippen LogP contribution in [-0.2, 0) is 15.6 Å². The second kappa shape index (κ2) is 3.96. The molecule has 0 saturated heterocycles. The summed E-state index contributed by atoms with van der Waals surface area (Å²) < 4.78 is 38.1. The molecule has 0 atom stereocenters. The highest BCUT2D eigenvalue weighted by molar-refractivity contribution is 8.14. The van der Waals surface area contributed by atoms with E-state index in [-0.39, 0.29) is 4.90 Å². The fourth-order valence-electron chi connectivity index (χ4n) is 2.16. The van der Waals surface area contributed by atoms with Crippen LogP contribution in [0.2, 0.25) is 0 Å². The molecule has 2 aromatic rings. The number of hydrogen-bond donors (Lipinski definition) is 0. The predicted octanol–water partition coefficient (Wildman–Crippen LogP) is 3.12. The molecule has 96 valence electrons.